The van der Waals surface area contributed by atoms with Crippen LogP contribution in [0.25, 0.3) is 0 Å². The Bertz CT molecular complexity index is 1520. The summed E-state index contributed by atoms with van der Waals surface area (Å²) in [6, 6.07) is 4.25. The second kappa shape index (κ2) is 16.7. The van der Waals surface area contributed by atoms with E-state index in [9.17, 15) is 24.3 Å². The third kappa shape index (κ3) is 8.54. The van der Waals surface area contributed by atoms with E-state index < -0.39 is 30.6 Å². The zero-order valence-electron chi connectivity index (χ0n) is 28.2. The Balaban J connectivity index is 1.30. The van der Waals surface area contributed by atoms with E-state index in [0.29, 0.717) is 68.1 Å². The number of aromatic nitrogens is 1. The molecule has 0 bridgehead atoms. The first-order valence-corrected chi connectivity index (χ1v) is 16.9. The highest BCUT2D eigenvalue weighted by Crippen LogP contribution is 2.42. The van der Waals surface area contributed by atoms with E-state index >= 15 is 0 Å². The van der Waals surface area contributed by atoms with Gasteiger partial charge in [-0.2, -0.15) is 0 Å². The zero-order valence-corrected chi connectivity index (χ0v) is 28.2. The van der Waals surface area contributed by atoms with Crippen molar-refractivity contribution >= 4 is 35.3 Å². The molecule has 0 saturated carbocycles. The van der Waals surface area contributed by atoms with E-state index in [2.05, 4.69) is 11.9 Å². The van der Waals surface area contributed by atoms with Gasteiger partial charge in [-0.1, -0.05) is 12.7 Å². The number of aromatic carboxylic acids is 1. The van der Waals surface area contributed by atoms with Gasteiger partial charge in [-0.25, -0.2) is 14.5 Å². The van der Waals surface area contributed by atoms with Gasteiger partial charge < -0.3 is 43.6 Å². The second-order valence-corrected chi connectivity index (χ2v) is 12.4. The van der Waals surface area contributed by atoms with Crippen molar-refractivity contribution in [3.63, 3.8) is 0 Å². The monoisotopic (exact) mass is 682 g/mol. The predicted octanol–water partition coefficient (Wildman–Crippen LogP) is 5.32. The SMILES string of the molecule is C=CCOC(=O)N1c2cc(OCCCCCC(=O)Nc3cc(C(=O)O)n(C)c3)c(OC)cc2C(=O)N2CCCC[C@H]2C1OC1CCCCO1. The molecule has 266 valence electrons. The average Bonchev–Trinajstić information content (AvgIpc) is 3.44. The van der Waals surface area contributed by atoms with E-state index in [1.165, 1.54) is 28.7 Å². The molecule has 4 heterocycles. The minimum Gasteiger partial charge on any atom is -0.493 e. The lowest BCUT2D eigenvalue weighted by molar-refractivity contribution is -0.198. The molecule has 0 spiro atoms. The number of amides is 3. The molecule has 14 nitrogen and oxygen atoms in total. The number of rotatable bonds is 14. The fraction of sp³-hybridized carbons (Fsp3) is 0.543. The van der Waals surface area contributed by atoms with Gasteiger partial charge in [0.2, 0.25) is 5.91 Å². The number of hydrogen-bond donors (Lipinski definition) is 2. The highest BCUT2D eigenvalue weighted by atomic mass is 16.7. The van der Waals surface area contributed by atoms with Crippen LogP contribution in [-0.4, -0.2) is 90.5 Å². The van der Waals surface area contributed by atoms with Crippen LogP contribution in [0.15, 0.2) is 37.1 Å². The van der Waals surface area contributed by atoms with Gasteiger partial charge >= 0.3 is 12.1 Å². The van der Waals surface area contributed by atoms with Gasteiger partial charge in [-0.3, -0.25) is 9.59 Å². The molecule has 2 unspecified atom stereocenters. The van der Waals surface area contributed by atoms with E-state index in [1.807, 2.05) is 0 Å². The normalized spacial score (nSPS) is 20.4. The number of unbranched alkanes of at least 4 members (excludes halogenated alkanes) is 2. The Hall–Kier alpha value is -4.56. The summed E-state index contributed by atoms with van der Waals surface area (Å²) in [5.74, 6) is -0.818. The number of nitrogens with zero attached hydrogens (tertiary/aromatic N) is 3. The average molecular weight is 683 g/mol. The summed E-state index contributed by atoms with van der Waals surface area (Å²) in [7, 11) is 3.09. The highest BCUT2D eigenvalue weighted by molar-refractivity contribution is 6.06. The van der Waals surface area contributed by atoms with Crippen LogP contribution in [0.2, 0.25) is 0 Å². The van der Waals surface area contributed by atoms with Crippen molar-refractivity contribution in [2.45, 2.75) is 82.8 Å². The van der Waals surface area contributed by atoms with Crippen LogP contribution in [0.4, 0.5) is 16.2 Å². The van der Waals surface area contributed by atoms with E-state index in [-0.39, 0.29) is 42.7 Å². The lowest BCUT2D eigenvalue weighted by Crippen LogP contribution is -2.57. The molecule has 3 atom stereocenters. The topological polar surface area (TPSA) is 158 Å². The van der Waals surface area contributed by atoms with Crippen molar-refractivity contribution in [1.29, 1.82) is 0 Å². The molecule has 0 radical (unpaired) electrons. The van der Waals surface area contributed by atoms with Crippen molar-refractivity contribution in [3.05, 3.63) is 48.3 Å². The number of carboxylic acids is 1. The van der Waals surface area contributed by atoms with Crippen LogP contribution in [0, 0.1) is 0 Å². The fourth-order valence-corrected chi connectivity index (χ4v) is 6.51. The molecule has 3 aliphatic rings. The van der Waals surface area contributed by atoms with E-state index in [0.717, 1.165) is 25.7 Å². The van der Waals surface area contributed by atoms with Gasteiger partial charge in [0.15, 0.2) is 24.0 Å². The van der Waals surface area contributed by atoms with Gasteiger partial charge in [0, 0.05) is 38.9 Å². The number of carbonyl (C=O) groups excluding carboxylic acids is 3. The second-order valence-electron chi connectivity index (χ2n) is 12.4. The maximum absolute atomic E-state index is 14.1. The minimum atomic E-state index is -1.07. The number of benzene rings is 1. The molecular formula is C35H46N4O10. The first-order chi connectivity index (χ1) is 23.7. The lowest BCUT2D eigenvalue weighted by Gasteiger charge is -2.42. The number of piperidine rings is 1. The highest BCUT2D eigenvalue weighted by Gasteiger charge is 2.46. The van der Waals surface area contributed by atoms with E-state index in [4.69, 9.17) is 23.7 Å². The summed E-state index contributed by atoms with van der Waals surface area (Å²) < 4.78 is 31.3. The number of nitrogens with one attached hydrogen (secondary N) is 1. The van der Waals surface area contributed by atoms with Gasteiger partial charge in [0.1, 0.15) is 12.3 Å². The maximum atomic E-state index is 14.1. The molecule has 5 rings (SSSR count). The molecule has 0 aliphatic carbocycles. The summed E-state index contributed by atoms with van der Waals surface area (Å²) >= 11 is 0. The third-order valence-electron chi connectivity index (χ3n) is 8.93. The van der Waals surface area contributed by atoms with Gasteiger partial charge in [0.05, 0.1) is 36.7 Å². The van der Waals surface area contributed by atoms with Crippen molar-refractivity contribution < 1.29 is 48.0 Å². The molecule has 3 amide bonds. The van der Waals surface area contributed by atoms with Crippen LogP contribution in [0.1, 0.15) is 85.1 Å². The first kappa shape index (κ1) is 35.7. The lowest BCUT2D eigenvalue weighted by atomic mass is 10.00. The summed E-state index contributed by atoms with van der Waals surface area (Å²) in [5, 5.41) is 11.9. The Morgan fingerprint density at radius 1 is 1.08 bits per heavy atom. The minimum absolute atomic E-state index is 0.0219. The van der Waals surface area contributed by atoms with Gasteiger partial charge in [-0.15, -0.1) is 0 Å². The predicted molar refractivity (Wildman–Crippen MR) is 179 cm³/mol. The van der Waals surface area contributed by atoms with Crippen molar-refractivity contribution in [2.75, 3.05) is 43.7 Å². The number of carboxylic acid groups (broad SMARTS) is 1. The molecule has 3 aliphatic heterocycles. The first-order valence-electron chi connectivity index (χ1n) is 16.9. The zero-order chi connectivity index (χ0) is 34.9. The van der Waals surface area contributed by atoms with Crippen LogP contribution in [0.3, 0.4) is 0 Å². The quantitative estimate of drug-likeness (QED) is 0.197. The Morgan fingerprint density at radius 2 is 1.90 bits per heavy atom. The molecule has 49 heavy (non-hydrogen) atoms. The molecule has 2 saturated heterocycles. The summed E-state index contributed by atoms with van der Waals surface area (Å²) in [4.78, 5) is 54.8. The molecule has 2 N–H and O–H groups in total. The fourth-order valence-electron chi connectivity index (χ4n) is 6.51. The molecule has 1 aromatic heterocycles. The van der Waals surface area contributed by atoms with Crippen LogP contribution in [0.5, 0.6) is 11.5 Å². The molecular weight excluding hydrogens is 636 g/mol. The number of aryl methyl sites for hydroxylation is 1. The van der Waals surface area contributed by atoms with Crippen LogP contribution in [-0.2, 0) is 26.1 Å². The number of carbonyl (C=O) groups is 4. The molecule has 14 heteroatoms. The van der Waals surface area contributed by atoms with Crippen LogP contribution < -0.4 is 19.7 Å². The number of hydrogen-bond acceptors (Lipinski definition) is 9. The maximum Gasteiger partial charge on any atom is 0.416 e. The smallest absolute Gasteiger partial charge is 0.416 e. The Kier molecular flexibility index (Phi) is 12.2. The van der Waals surface area contributed by atoms with Gasteiger partial charge in [0.25, 0.3) is 5.91 Å². The molecule has 1 aromatic carbocycles. The van der Waals surface area contributed by atoms with Crippen molar-refractivity contribution in [1.82, 2.24) is 9.47 Å². The third-order valence-corrected chi connectivity index (χ3v) is 8.93. The summed E-state index contributed by atoms with van der Waals surface area (Å²) in [5.41, 5.74) is 1.09. The Labute approximate surface area is 285 Å². The largest absolute Gasteiger partial charge is 0.493 e. The number of methoxy groups -OCH3 is 1. The van der Waals surface area contributed by atoms with Crippen LogP contribution >= 0.6 is 0 Å². The summed E-state index contributed by atoms with van der Waals surface area (Å²) in [6.45, 7) is 5.02. The molecule has 2 fully saturated rings. The van der Waals surface area contributed by atoms with E-state index in [1.54, 1.807) is 30.3 Å². The summed E-state index contributed by atoms with van der Waals surface area (Å²) in [6.07, 6.45) is 8.03. The van der Waals surface area contributed by atoms with Crippen molar-refractivity contribution in [2.24, 2.45) is 7.05 Å². The number of fused-ring (bicyclic) bond motifs is 2. The number of ether oxygens (including phenoxy) is 5. The van der Waals surface area contributed by atoms with Crippen molar-refractivity contribution in [3.8, 4) is 11.5 Å². The Morgan fingerprint density at radius 3 is 2.61 bits per heavy atom. The molecule has 2 aromatic rings. The van der Waals surface area contributed by atoms with Gasteiger partial charge in [-0.05, 0) is 69.9 Å². The standard InChI is InChI=1S/C35H46N4O10/c1-4-16-48-35(44)39-26-21-29(46-17-10-5-6-13-30(40)36-23-19-27(34(42)43)37(2)22-23)28(45-3)20-24(26)32(41)38-15-9-7-12-25(38)33(39)49-31-14-8-11-18-47-31/h4,19-22,25,31,33H,1,5-18H2,2-3H3,(H,36,40)(H,42,43)/t25-,31?,33?/m0/s1. The number of anilines is 2.